The summed E-state index contributed by atoms with van der Waals surface area (Å²) < 4.78 is 0. The Morgan fingerprint density at radius 3 is 2.38 bits per heavy atom. The van der Waals surface area contributed by atoms with Crippen LogP contribution in [0.4, 0.5) is 0 Å². The summed E-state index contributed by atoms with van der Waals surface area (Å²) in [4.78, 5) is 4.73. The third-order valence-electron chi connectivity index (χ3n) is 2.79. The van der Waals surface area contributed by atoms with Crippen LogP contribution in [0.15, 0.2) is 5.38 Å². The number of nitrogens with zero attached hydrogens (tertiary/aromatic N) is 1. The lowest BCUT2D eigenvalue weighted by Crippen LogP contribution is -2.12. The van der Waals surface area contributed by atoms with Crippen LogP contribution < -0.4 is 0 Å². The van der Waals surface area contributed by atoms with E-state index < -0.39 is 0 Å². The number of thiazole rings is 1. The Bertz CT molecular complexity index is 295. The Morgan fingerprint density at radius 2 is 2.00 bits per heavy atom. The Labute approximate surface area is 84.2 Å². The normalized spacial score (nSPS) is 20.3. The Balaban J connectivity index is 2.29. The zero-order chi connectivity index (χ0) is 9.69. The highest BCUT2D eigenvalue weighted by Crippen LogP contribution is 2.49. The SMILES string of the molecule is CC(C)(C)c1csc(C2(C)CC2)n1. The van der Waals surface area contributed by atoms with Gasteiger partial charge in [0.05, 0.1) is 10.7 Å². The lowest BCUT2D eigenvalue weighted by molar-refractivity contribution is 0.567. The summed E-state index contributed by atoms with van der Waals surface area (Å²) in [6.45, 7) is 8.99. The molecule has 0 saturated heterocycles. The van der Waals surface area contributed by atoms with Crippen LogP contribution in [-0.2, 0) is 10.8 Å². The predicted octanol–water partition coefficient (Wildman–Crippen LogP) is 3.49. The quantitative estimate of drug-likeness (QED) is 0.668. The summed E-state index contributed by atoms with van der Waals surface area (Å²) in [7, 11) is 0. The largest absolute Gasteiger partial charge is 0.245 e. The molecule has 72 valence electrons. The molecule has 0 unspecified atom stereocenters. The lowest BCUT2D eigenvalue weighted by atomic mass is 9.93. The molecule has 1 saturated carbocycles. The third-order valence-corrected chi connectivity index (χ3v) is 3.94. The van der Waals surface area contributed by atoms with Crippen molar-refractivity contribution in [3.05, 3.63) is 16.1 Å². The maximum absolute atomic E-state index is 4.73. The van der Waals surface area contributed by atoms with Crippen LogP contribution >= 0.6 is 11.3 Å². The van der Waals surface area contributed by atoms with Crippen molar-refractivity contribution in [2.24, 2.45) is 0 Å². The van der Waals surface area contributed by atoms with Gasteiger partial charge in [0.15, 0.2) is 0 Å². The molecule has 1 aliphatic carbocycles. The van der Waals surface area contributed by atoms with Gasteiger partial charge in [-0.3, -0.25) is 0 Å². The maximum atomic E-state index is 4.73. The second-order valence-corrected chi connectivity index (χ2v) is 6.21. The fourth-order valence-corrected chi connectivity index (χ4v) is 2.57. The van der Waals surface area contributed by atoms with Crippen molar-refractivity contribution in [3.8, 4) is 0 Å². The predicted molar refractivity (Wildman–Crippen MR) is 57.4 cm³/mol. The molecule has 1 aromatic heterocycles. The Kier molecular flexibility index (Phi) is 1.82. The second-order valence-electron chi connectivity index (χ2n) is 5.35. The minimum Gasteiger partial charge on any atom is -0.245 e. The van der Waals surface area contributed by atoms with Crippen molar-refractivity contribution in [2.45, 2.75) is 51.4 Å². The lowest BCUT2D eigenvalue weighted by Gasteiger charge is -2.14. The van der Waals surface area contributed by atoms with E-state index in [9.17, 15) is 0 Å². The molecular weight excluding hydrogens is 178 g/mol. The first kappa shape index (κ1) is 9.20. The first-order chi connectivity index (χ1) is 5.92. The minimum absolute atomic E-state index is 0.208. The van der Waals surface area contributed by atoms with Gasteiger partial charge in [-0.15, -0.1) is 11.3 Å². The molecule has 1 heterocycles. The molecule has 0 radical (unpaired) electrons. The van der Waals surface area contributed by atoms with Crippen LogP contribution in [0.25, 0.3) is 0 Å². The van der Waals surface area contributed by atoms with Crippen molar-refractivity contribution >= 4 is 11.3 Å². The van der Waals surface area contributed by atoms with Crippen molar-refractivity contribution in [1.82, 2.24) is 4.98 Å². The first-order valence-corrected chi connectivity index (χ1v) is 5.76. The molecule has 13 heavy (non-hydrogen) atoms. The molecule has 1 fully saturated rings. The third kappa shape index (κ3) is 1.64. The average molecular weight is 195 g/mol. The van der Waals surface area contributed by atoms with Gasteiger partial charge in [0.2, 0.25) is 0 Å². The number of rotatable bonds is 1. The summed E-state index contributed by atoms with van der Waals surface area (Å²) in [6.07, 6.45) is 2.65. The summed E-state index contributed by atoms with van der Waals surface area (Å²) in [6, 6.07) is 0. The maximum Gasteiger partial charge on any atom is 0.0987 e. The van der Waals surface area contributed by atoms with E-state index in [4.69, 9.17) is 4.98 Å². The second kappa shape index (κ2) is 2.57. The van der Waals surface area contributed by atoms with E-state index in [-0.39, 0.29) is 5.41 Å². The average Bonchev–Trinajstić information content (AvgIpc) is 2.60. The van der Waals surface area contributed by atoms with Crippen molar-refractivity contribution in [3.63, 3.8) is 0 Å². The molecule has 1 nitrogen and oxygen atoms in total. The van der Waals surface area contributed by atoms with Crippen molar-refractivity contribution < 1.29 is 0 Å². The van der Waals surface area contributed by atoms with Crippen LogP contribution in [0.5, 0.6) is 0 Å². The number of hydrogen-bond acceptors (Lipinski definition) is 2. The van der Waals surface area contributed by atoms with E-state index >= 15 is 0 Å². The molecule has 2 rings (SSSR count). The molecule has 0 bridgehead atoms. The highest BCUT2D eigenvalue weighted by Gasteiger charge is 2.42. The molecule has 0 aliphatic heterocycles. The van der Waals surface area contributed by atoms with Gasteiger partial charge in [-0.1, -0.05) is 27.7 Å². The topological polar surface area (TPSA) is 12.9 Å². The van der Waals surface area contributed by atoms with E-state index in [0.29, 0.717) is 5.41 Å². The van der Waals surface area contributed by atoms with E-state index in [0.717, 1.165) is 0 Å². The highest BCUT2D eigenvalue weighted by molar-refractivity contribution is 7.09. The minimum atomic E-state index is 0.208. The van der Waals surface area contributed by atoms with Gasteiger partial charge in [-0.2, -0.15) is 0 Å². The van der Waals surface area contributed by atoms with Gasteiger partial charge in [-0.25, -0.2) is 4.98 Å². The van der Waals surface area contributed by atoms with Crippen LogP contribution in [0.1, 0.15) is 51.2 Å². The first-order valence-electron chi connectivity index (χ1n) is 4.88. The van der Waals surface area contributed by atoms with Gasteiger partial charge < -0.3 is 0 Å². The molecule has 0 spiro atoms. The van der Waals surface area contributed by atoms with Crippen molar-refractivity contribution in [2.75, 3.05) is 0 Å². The summed E-state index contributed by atoms with van der Waals surface area (Å²) in [5.41, 5.74) is 1.90. The summed E-state index contributed by atoms with van der Waals surface area (Å²) in [5.74, 6) is 0. The van der Waals surface area contributed by atoms with E-state index in [1.165, 1.54) is 23.5 Å². The van der Waals surface area contributed by atoms with Gasteiger partial charge in [0, 0.05) is 16.2 Å². The fourth-order valence-electron chi connectivity index (χ4n) is 1.30. The van der Waals surface area contributed by atoms with Crippen LogP contribution in [0, 0.1) is 0 Å². The monoisotopic (exact) mass is 195 g/mol. The van der Waals surface area contributed by atoms with Gasteiger partial charge in [0.25, 0.3) is 0 Å². The standard InChI is InChI=1S/C11H17NS/c1-10(2,3)8-7-13-9(12-8)11(4)5-6-11/h7H,5-6H2,1-4H3. The van der Waals surface area contributed by atoms with E-state index in [2.05, 4.69) is 33.1 Å². The molecular formula is C11H17NS. The summed E-state index contributed by atoms with van der Waals surface area (Å²) >= 11 is 1.83. The van der Waals surface area contributed by atoms with Crippen LogP contribution in [0.2, 0.25) is 0 Å². The van der Waals surface area contributed by atoms with Gasteiger partial charge in [-0.05, 0) is 12.8 Å². The molecule has 0 aromatic carbocycles. The van der Waals surface area contributed by atoms with Crippen molar-refractivity contribution in [1.29, 1.82) is 0 Å². The Hall–Kier alpha value is -0.370. The van der Waals surface area contributed by atoms with Gasteiger partial charge >= 0.3 is 0 Å². The van der Waals surface area contributed by atoms with E-state index in [1.807, 2.05) is 11.3 Å². The molecule has 1 aliphatic rings. The molecule has 0 amide bonds. The molecule has 1 aromatic rings. The summed E-state index contributed by atoms with van der Waals surface area (Å²) in [5, 5.41) is 3.57. The Morgan fingerprint density at radius 1 is 1.38 bits per heavy atom. The van der Waals surface area contributed by atoms with E-state index in [1.54, 1.807) is 0 Å². The number of hydrogen-bond donors (Lipinski definition) is 0. The number of aromatic nitrogens is 1. The highest BCUT2D eigenvalue weighted by atomic mass is 32.1. The smallest absolute Gasteiger partial charge is 0.0987 e. The molecule has 2 heteroatoms. The van der Waals surface area contributed by atoms with Crippen LogP contribution in [-0.4, -0.2) is 4.98 Å². The zero-order valence-corrected chi connectivity index (χ0v) is 9.66. The molecule has 0 atom stereocenters. The fraction of sp³-hybridized carbons (Fsp3) is 0.727. The molecule has 0 N–H and O–H groups in total. The zero-order valence-electron chi connectivity index (χ0n) is 8.85. The van der Waals surface area contributed by atoms with Gasteiger partial charge in [0.1, 0.15) is 0 Å². The van der Waals surface area contributed by atoms with Crippen LogP contribution in [0.3, 0.4) is 0 Å².